The fourth-order valence-electron chi connectivity index (χ4n) is 3.85. The minimum atomic E-state index is -0.907. The number of hydrogen-bond donors (Lipinski definition) is 0. The molecule has 0 N–H and O–H groups in total. The molecule has 2 aliphatic rings. The van der Waals surface area contributed by atoms with Crippen LogP contribution in [0.5, 0.6) is 0 Å². The summed E-state index contributed by atoms with van der Waals surface area (Å²) < 4.78 is 5.28. The Hall–Kier alpha value is -2.64. The summed E-state index contributed by atoms with van der Waals surface area (Å²) in [6.45, 7) is 4.43. The van der Waals surface area contributed by atoms with E-state index in [9.17, 15) is 19.7 Å². The van der Waals surface area contributed by atoms with E-state index in [0.717, 1.165) is 51.6 Å². The Balaban J connectivity index is 1.74. The summed E-state index contributed by atoms with van der Waals surface area (Å²) in [6, 6.07) is 4.42. The number of rotatable bonds is 5. The van der Waals surface area contributed by atoms with Gasteiger partial charge in [0.25, 0.3) is 11.6 Å². The van der Waals surface area contributed by atoms with Crippen LogP contribution in [-0.4, -0.2) is 54.0 Å². The number of carbonyl (C=O) groups excluding carboxylic acids is 2. The van der Waals surface area contributed by atoms with E-state index in [1.165, 1.54) is 6.07 Å². The van der Waals surface area contributed by atoms with E-state index in [4.69, 9.17) is 4.74 Å². The first-order valence-corrected chi connectivity index (χ1v) is 10.0. The van der Waals surface area contributed by atoms with Crippen LogP contribution in [-0.2, 0) is 9.53 Å². The number of ether oxygens (including phenoxy) is 1. The molecular formula is C20H27N3O5. The van der Waals surface area contributed by atoms with E-state index in [1.807, 2.05) is 4.90 Å². The third kappa shape index (κ3) is 4.61. The summed E-state index contributed by atoms with van der Waals surface area (Å²) in [6.07, 6.45) is 5.24. The molecule has 152 valence electrons. The number of hydrogen-bond acceptors (Lipinski definition) is 6. The van der Waals surface area contributed by atoms with Crippen molar-refractivity contribution in [3.63, 3.8) is 0 Å². The molecule has 8 nitrogen and oxygen atoms in total. The Kier molecular flexibility index (Phi) is 6.49. The van der Waals surface area contributed by atoms with Crippen molar-refractivity contribution in [1.82, 2.24) is 4.90 Å². The molecule has 0 unspecified atom stereocenters. The zero-order chi connectivity index (χ0) is 20.1. The maximum atomic E-state index is 12.5. The van der Waals surface area contributed by atoms with Crippen molar-refractivity contribution in [2.75, 3.05) is 31.1 Å². The van der Waals surface area contributed by atoms with Crippen molar-refractivity contribution in [3.05, 3.63) is 33.9 Å². The molecule has 0 aromatic heterocycles. The molecule has 3 rings (SSSR count). The van der Waals surface area contributed by atoms with Crippen molar-refractivity contribution < 1.29 is 19.2 Å². The molecule has 2 heterocycles. The number of amides is 1. The number of esters is 1. The van der Waals surface area contributed by atoms with E-state index in [-0.39, 0.29) is 17.2 Å². The molecule has 1 amide bonds. The SMILES string of the molecule is C[C@@H](OC(=O)c1ccc(N2CCCCCC2)c([N+](=O)[O-])c1)C(=O)N1CCCC1. The Labute approximate surface area is 164 Å². The zero-order valence-corrected chi connectivity index (χ0v) is 16.3. The number of carbonyl (C=O) groups is 2. The number of benzene rings is 1. The van der Waals surface area contributed by atoms with Gasteiger partial charge in [0.15, 0.2) is 6.10 Å². The van der Waals surface area contributed by atoms with Crippen LogP contribution in [0, 0.1) is 10.1 Å². The Morgan fingerprint density at radius 1 is 1.04 bits per heavy atom. The highest BCUT2D eigenvalue weighted by atomic mass is 16.6. The molecule has 0 saturated carbocycles. The maximum Gasteiger partial charge on any atom is 0.339 e. The highest BCUT2D eigenvalue weighted by Crippen LogP contribution is 2.31. The number of anilines is 1. The highest BCUT2D eigenvalue weighted by molar-refractivity contribution is 5.93. The van der Waals surface area contributed by atoms with Crippen molar-refractivity contribution in [1.29, 1.82) is 0 Å². The average molecular weight is 389 g/mol. The van der Waals surface area contributed by atoms with E-state index >= 15 is 0 Å². The molecule has 0 radical (unpaired) electrons. The van der Waals surface area contributed by atoms with Crippen molar-refractivity contribution >= 4 is 23.3 Å². The van der Waals surface area contributed by atoms with Crippen LogP contribution in [0.1, 0.15) is 55.8 Å². The van der Waals surface area contributed by atoms with Gasteiger partial charge in [0.05, 0.1) is 10.5 Å². The molecule has 0 aliphatic carbocycles. The molecule has 1 aromatic rings. The standard InChI is InChI=1S/C20H27N3O5/c1-15(19(24)22-12-6-7-13-22)28-20(25)16-8-9-17(18(14-16)23(26)27)21-10-4-2-3-5-11-21/h8-9,14-15H,2-7,10-13H2,1H3/t15-/m1/s1. The first kappa shape index (κ1) is 20.1. The predicted molar refractivity (Wildman–Crippen MR) is 104 cm³/mol. The van der Waals surface area contributed by atoms with Gasteiger partial charge in [-0.1, -0.05) is 12.8 Å². The quantitative estimate of drug-likeness (QED) is 0.436. The van der Waals surface area contributed by atoms with E-state index < -0.39 is 17.0 Å². The number of nitrogens with zero attached hydrogens (tertiary/aromatic N) is 3. The fraction of sp³-hybridized carbons (Fsp3) is 0.600. The normalized spacial score (nSPS) is 18.5. The van der Waals surface area contributed by atoms with E-state index in [1.54, 1.807) is 24.0 Å². The Morgan fingerprint density at radius 2 is 1.64 bits per heavy atom. The van der Waals surface area contributed by atoms with Gasteiger partial charge in [-0.3, -0.25) is 14.9 Å². The molecule has 8 heteroatoms. The smallest absolute Gasteiger partial charge is 0.339 e. The van der Waals surface area contributed by atoms with Crippen molar-refractivity contribution in [2.45, 2.75) is 51.6 Å². The lowest BCUT2D eigenvalue weighted by Crippen LogP contribution is -2.38. The third-order valence-corrected chi connectivity index (χ3v) is 5.40. The first-order valence-electron chi connectivity index (χ1n) is 10.0. The third-order valence-electron chi connectivity index (χ3n) is 5.40. The van der Waals surface area contributed by atoms with Crippen LogP contribution >= 0.6 is 0 Å². The van der Waals surface area contributed by atoms with Gasteiger partial charge in [-0.25, -0.2) is 4.79 Å². The fourth-order valence-corrected chi connectivity index (χ4v) is 3.85. The molecule has 2 saturated heterocycles. The second-order valence-corrected chi connectivity index (χ2v) is 7.44. The number of nitro benzene ring substituents is 1. The predicted octanol–water partition coefficient (Wildman–Crippen LogP) is 3.14. The lowest BCUT2D eigenvalue weighted by Gasteiger charge is -2.23. The average Bonchev–Trinajstić information content (AvgIpc) is 3.09. The van der Waals surface area contributed by atoms with Crippen LogP contribution in [0.15, 0.2) is 18.2 Å². The highest BCUT2D eigenvalue weighted by Gasteiger charge is 2.28. The van der Waals surface area contributed by atoms with Gasteiger partial charge in [-0.05, 0) is 44.7 Å². The lowest BCUT2D eigenvalue weighted by atomic mass is 10.1. The molecule has 0 bridgehead atoms. The first-order chi connectivity index (χ1) is 13.5. The molecule has 2 aliphatic heterocycles. The molecule has 1 aromatic carbocycles. The van der Waals surface area contributed by atoms with Crippen LogP contribution < -0.4 is 4.90 Å². The second kappa shape index (κ2) is 9.03. The number of likely N-dealkylation sites (tertiary alicyclic amines) is 1. The van der Waals surface area contributed by atoms with E-state index in [2.05, 4.69) is 0 Å². The summed E-state index contributed by atoms with van der Waals surface area (Å²) in [5, 5.41) is 11.6. The van der Waals surface area contributed by atoms with Gasteiger partial charge in [-0.2, -0.15) is 0 Å². The largest absolute Gasteiger partial charge is 0.449 e. The minimum absolute atomic E-state index is 0.0892. The molecule has 2 fully saturated rings. The topological polar surface area (TPSA) is 93.0 Å². The summed E-state index contributed by atoms with van der Waals surface area (Å²) in [4.78, 5) is 39.6. The summed E-state index contributed by atoms with van der Waals surface area (Å²) in [5.74, 6) is -0.938. The zero-order valence-electron chi connectivity index (χ0n) is 16.3. The Morgan fingerprint density at radius 3 is 2.25 bits per heavy atom. The van der Waals surface area contributed by atoms with Gasteiger partial charge in [-0.15, -0.1) is 0 Å². The second-order valence-electron chi connectivity index (χ2n) is 7.44. The van der Waals surface area contributed by atoms with Gasteiger partial charge < -0.3 is 14.5 Å². The monoisotopic (exact) mass is 389 g/mol. The number of nitro groups is 1. The molecular weight excluding hydrogens is 362 g/mol. The molecule has 28 heavy (non-hydrogen) atoms. The van der Waals surface area contributed by atoms with Crippen LogP contribution in [0.3, 0.4) is 0 Å². The van der Waals surface area contributed by atoms with Crippen LogP contribution in [0.2, 0.25) is 0 Å². The van der Waals surface area contributed by atoms with Gasteiger partial charge >= 0.3 is 5.97 Å². The molecule has 0 spiro atoms. The minimum Gasteiger partial charge on any atom is -0.449 e. The summed E-state index contributed by atoms with van der Waals surface area (Å²) in [7, 11) is 0. The van der Waals surface area contributed by atoms with Crippen LogP contribution in [0.4, 0.5) is 11.4 Å². The molecule has 1 atom stereocenters. The van der Waals surface area contributed by atoms with E-state index in [0.29, 0.717) is 18.8 Å². The van der Waals surface area contributed by atoms with Crippen molar-refractivity contribution in [2.24, 2.45) is 0 Å². The van der Waals surface area contributed by atoms with Gasteiger partial charge in [0.2, 0.25) is 0 Å². The van der Waals surface area contributed by atoms with Crippen LogP contribution in [0.25, 0.3) is 0 Å². The summed E-state index contributed by atoms with van der Waals surface area (Å²) in [5.41, 5.74) is 0.519. The lowest BCUT2D eigenvalue weighted by molar-refractivity contribution is -0.384. The maximum absolute atomic E-state index is 12.5. The Bertz CT molecular complexity index is 737. The van der Waals surface area contributed by atoms with Gasteiger partial charge in [0.1, 0.15) is 5.69 Å². The van der Waals surface area contributed by atoms with Crippen molar-refractivity contribution in [3.8, 4) is 0 Å². The summed E-state index contributed by atoms with van der Waals surface area (Å²) >= 11 is 0. The van der Waals surface area contributed by atoms with Gasteiger partial charge in [0, 0.05) is 32.2 Å².